The van der Waals surface area contributed by atoms with Crippen molar-refractivity contribution in [3.63, 3.8) is 0 Å². The molecule has 0 bridgehead atoms. The topological polar surface area (TPSA) is 15.3 Å². The molecule has 2 aromatic rings. The van der Waals surface area contributed by atoms with Crippen LogP contribution in [0.5, 0.6) is 0 Å². The van der Waals surface area contributed by atoms with E-state index in [2.05, 4.69) is 66.5 Å². The average molecular weight is 312 g/mol. The number of hydrogen-bond donors (Lipinski definition) is 1. The normalized spacial score (nSPS) is 12.7. The Morgan fingerprint density at radius 1 is 0.955 bits per heavy atom. The van der Waals surface area contributed by atoms with E-state index >= 15 is 0 Å². The first-order chi connectivity index (χ1) is 10.8. The molecular formula is C19H24N2S. The van der Waals surface area contributed by atoms with Crippen molar-refractivity contribution in [2.45, 2.75) is 36.5 Å². The minimum absolute atomic E-state index is 1.13. The van der Waals surface area contributed by atoms with Crippen LogP contribution in [0.4, 0.5) is 11.4 Å². The Bertz CT molecular complexity index is 635. The summed E-state index contributed by atoms with van der Waals surface area (Å²) in [7, 11) is 0. The molecule has 0 saturated heterocycles. The zero-order chi connectivity index (χ0) is 15.4. The lowest BCUT2D eigenvalue weighted by Gasteiger charge is -2.24. The number of fused-ring (bicyclic) bond motifs is 2. The summed E-state index contributed by atoms with van der Waals surface area (Å²) in [5, 5.41) is 3.64. The number of rotatable bonds is 6. The van der Waals surface area contributed by atoms with Crippen LogP contribution in [-0.2, 0) is 6.42 Å². The highest BCUT2D eigenvalue weighted by molar-refractivity contribution is 7.99. The Morgan fingerprint density at radius 3 is 2.55 bits per heavy atom. The van der Waals surface area contributed by atoms with Crippen molar-refractivity contribution in [2.24, 2.45) is 0 Å². The Labute approximate surface area is 137 Å². The van der Waals surface area contributed by atoms with Crippen LogP contribution in [0.15, 0.2) is 52.3 Å². The van der Waals surface area contributed by atoms with Gasteiger partial charge in [0.2, 0.25) is 0 Å². The summed E-state index contributed by atoms with van der Waals surface area (Å²) < 4.78 is 0. The van der Waals surface area contributed by atoms with Crippen molar-refractivity contribution < 1.29 is 0 Å². The Morgan fingerprint density at radius 2 is 1.73 bits per heavy atom. The summed E-state index contributed by atoms with van der Waals surface area (Å²) in [6.07, 6.45) is 2.35. The van der Waals surface area contributed by atoms with Gasteiger partial charge >= 0.3 is 0 Å². The summed E-state index contributed by atoms with van der Waals surface area (Å²) >= 11 is 1.87. The number of hydrogen-bond acceptors (Lipinski definition) is 3. The Kier molecular flexibility index (Phi) is 5.06. The lowest BCUT2D eigenvalue weighted by molar-refractivity contribution is 0.300. The molecule has 116 valence electrons. The van der Waals surface area contributed by atoms with Gasteiger partial charge in [-0.3, -0.25) is 0 Å². The average Bonchev–Trinajstić information content (AvgIpc) is 2.57. The van der Waals surface area contributed by atoms with Crippen molar-refractivity contribution in [1.29, 1.82) is 0 Å². The molecule has 0 atom stereocenters. The van der Waals surface area contributed by atoms with Crippen LogP contribution < -0.4 is 5.32 Å². The molecule has 0 radical (unpaired) electrons. The van der Waals surface area contributed by atoms with Crippen LogP contribution >= 0.6 is 11.8 Å². The minimum Gasteiger partial charge on any atom is -0.353 e. The molecule has 1 heterocycles. The zero-order valence-electron chi connectivity index (χ0n) is 13.4. The van der Waals surface area contributed by atoms with Gasteiger partial charge in [0.1, 0.15) is 0 Å². The number of anilines is 2. The number of para-hydroxylation sites is 2. The lowest BCUT2D eigenvalue weighted by Crippen LogP contribution is -2.24. The second kappa shape index (κ2) is 7.21. The van der Waals surface area contributed by atoms with Gasteiger partial charge in [-0.05, 0) is 56.2 Å². The van der Waals surface area contributed by atoms with Gasteiger partial charge in [-0.25, -0.2) is 0 Å². The summed E-state index contributed by atoms with van der Waals surface area (Å²) in [6, 6.07) is 15.2. The van der Waals surface area contributed by atoms with Crippen molar-refractivity contribution in [3.05, 3.63) is 48.0 Å². The van der Waals surface area contributed by atoms with E-state index in [-0.39, 0.29) is 0 Å². The van der Waals surface area contributed by atoms with Gasteiger partial charge in [0.15, 0.2) is 0 Å². The van der Waals surface area contributed by atoms with Gasteiger partial charge in [-0.1, -0.05) is 49.9 Å². The molecule has 2 nitrogen and oxygen atoms in total. The summed E-state index contributed by atoms with van der Waals surface area (Å²) in [5.74, 6) is 0. The predicted molar refractivity (Wildman–Crippen MR) is 96.4 cm³/mol. The van der Waals surface area contributed by atoms with Crippen LogP contribution in [0.1, 0.15) is 25.8 Å². The summed E-state index contributed by atoms with van der Waals surface area (Å²) in [4.78, 5) is 5.15. The largest absolute Gasteiger partial charge is 0.353 e. The first kappa shape index (κ1) is 15.4. The van der Waals surface area contributed by atoms with Gasteiger partial charge < -0.3 is 10.2 Å². The molecule has 3 heteroatoms. The molecule has 0 amide bonds. The monoisotopic (exact) mass is 312 g/mol. The Hall–Kier alpha value is -1.45. The zero-order valence-corrected chi connectivity index (χ0v) is 14.2. The standard InChI is InChI=1S/C19H24N2S/c1-3-21(4-2)14-8-10-15-9-7-13-18-19(15)20-16-11-5-6-12-17(16)22-18/h5-7,9,11-13,20H,3-4,8,10,14H2,1-2H3. The van der Waals surface area contributed by atoms with Crippen molar-refractivity contribution in [3.8, 4) is 0 Å². The highest BCUT2D eigenvalue weighted by atomic mass is 32.2. The van der Waals surface area contributed by atoms with Crippen LogP contribution in [-0.4, -0.2) is 24.5 Å². The molecule has 0 unspecified atom stereocenters. The highest BCUT2D eigenvalue weighted by Gasteiger charge is 2.17. The van der Waals surface area contributed by atoms with E-state index in [1.54, 1.807) is 0 Å². The fourth-order valence-corrected chi connectivity index (χ4v) is 4.00. The molecular weight excluding hydrogens is 288 g/mol. The van der Waals surface area contributed by atoms with E-state index < -0.39 is 0 Å². The molecule has 0 aromatic heterocycles. The van der Waals surface area contributed by atoms with Crippen molar-refractivity contribution >= 4 is 23.1 Å². The third kappa shape index (κ3) is 3.31. The predicted octanol–water partition coefficient (Wildman–Crippen LogP) is 5.17. The number of nitrogens with zero attached hydrogens (tertiary/aromatic N) is 1. The number of aryl methyl sites for hydroxylation is 1. The third-order valence-corrected chi connectivity index (χ3v) is 5.43. The molecule has 1 N–H and O–H groups in total. The van der Waals surface area contributed by atoms with Crippen LogP contribution in [0.2, 0.25) is 0 Å². The van der Waals surface area contributed by atoms with Crippen LogP contribution in [0, 0.1) is 0 Å². The van der Waals surface area contributed by atoms with Gasteiger partial charge in [0, 0.05) is 9.79 Å². The molecule has 1 aliphatic rings. The van der Waals surface area contributed by atoms with E-state index in [9.17, 15) is 0 Å². The van der Waals surface area contributed by atoms with Crippen LogP contribution in [0.25, 0.3) is 0 Å². The molecule has 0 spiro atoms. The van der Waals surface area contributed by atoms with Crippen molar-refractivity contribution in [1.82, 2.24) is 4.90 Å². The first-order valence-corrected chi connectivity index (χ1v) is 9.01. The molecule has 0 aliphatic carbocycles. The third-order valence-electron chi connectivity index (χ3n) is 4.29. The second-order valence-corrected chi connectivity index (χ2v) is 6.73. The number of benzene rings is 2. The number of nitrogens with one attached hydrogen (secondary N) is 1. The van der Waals surface area contributed by atoms with Gasteiger partial charge in [-0.2, -0.15) is 0 Å². The first-order valence-electron chi connectivity index (χ1n) is 8.20. The van der Waals surface area contributed by atoms with Gasteiger partial charge in [0.25, 0.3) is 0 Å². The molecule has 2 aromatic carbocycles. The molecule has 1 aliphatic heterocycles. The SMILES string of the molecule is CCN(CC)CCCc1cccc2c1Nc1ccccc1S2. The van der Waals surface area contributed by atoms with Crippen LogP contribution in [0.3, 0.4) is 0 Å². The quantitative estimate of drug-likeness (QED) is 0.676. The van der Waals surface area contributed by atoms with Crippen molar-refractivity contribution in [2.75, 3.05) is 25.0 Å². The van der Waals surface area contributed by atoms with E-state index in [1.807, 2.05) is 11.8 Å². The maximum atomic E-state index is 3.64. The maximum Gasteiger partial charge on any atom is 0.0558 e. The summed E-state index contributed by atoms with van der Waals surface area (Å²) in [5.41, 5.74) is 3.98. The fraction of sp³-hybridized carbons (Fsp3) is 0.368. The molecule has 0 saturated carbocycles. The molecule has 0 fully saturated rings. The lowest BCUT2D eigenvalue weighted by atomic mass is 10.1. The van der Waals surface area contributed by atoms with E-state index in [1.165, 1.54) is 39.7 Å². The molecule has 22 heavy (non-hydrogen) atoms. The summed E-state index contributed by atoms with van der Waals surface area (Å²) in [6.45, 7) is 7.95. The highest BCUT2D eigenvalue weighted by Crippen LogP contribution is 2.45. The van der Waals surface area contributed by atoms with Gasteiger partial charge in [0.05, 0.1) is 11.4 Å². The van der Waals surface area contributed by atoms with E-state index in [0.29, 0.717) is 0 Å². The Balaban J connectivity index is 1.73. The maximum absolute atomic E-state index is 3.64. The smallest absolute Gasteiger partial charge is 0.0558 e. The van der Waals surface area contributed by atoms with E-state index in [4.69, 9.17) is 0 Å². The van der Waals surface area contributed by atoms with Gasteiger partial charge in [-0.15, -0.1) is 0 Å². The second-order valence-electron chi connectivity index (χ2n) is 5.64. The van der Waals surface area contributed by atoms with E-state index in [0.717, 1.165) is 19.5 Å². The fourth-order valence-electron chi connectivity index (χ4n) is 2.96. The molecule has 3 rings (SSSR count). The minimum atomic E-state index is 1.13.